The van der Waals surface area contributed by atoms with Crippen LogP contribution < -0.4 is 0 Å². The second-order valence-corrected chi connectivity index (χ2v) is 7.76. The van der Waals surface area contributed by atoms with Gasteiger partial charge >= 0.3 is 0 Å². The summed E-state index contributed by atoms with van der Waals surface area (Å²) in [6.45, 7) is 5.88. The van der Waals surface area contributed by atoms with Gasteiger partial charge in [0.2, 0.25) is 0 Å². The van der Waals surface area contributed by atoms with E-state index in [-0.39, 0.29) is 10.8 Å². The molecule has 0 bridgehead atoms. The summed E-state index contributed by atoms with van der Waals surface area (Å²) in [5.41, 5.74) is 1.83. The van der Waals surface area contributed by atoms with E-state index in [9.17, 15) is 4.39 Å². The zero-order chi connectivity index (χ0) is 17.9. The van der Waals surface area contributed by atoms with Crippen molar-refractivity contribution in [3.63, 3.8) is 0 Å². The minimum absolute atomic E-state index is 0.174. The first-order valence-corrected chi connectivity index (χ1v) is 9.85. The van der Waals surface area contributed by atoms with Gasteiger partial charge in [0.25, 0.3) is 0 Å². The Morgan fingerprint density at radius 2 is 2.08 bits per heavy atom. The lowest BCUT2D eigenvalue weighted by molar-refractivity contribution is 0.0516. The van der Waals surface area contributed by atoms with E-state index < -0.39 is 0 Å². The Morgan fingerprint density at radius 3 is 2.92 bits per heavy atom. The van der Waals surface area contributed by atoms with Crippen molar-refractivity contribution in [3.05, 3.63) is 52.3 Å². The maximum absolute atomic E-state index is 14.2. The summed E-state index contributed by atoms with van der Waals surface area (Å²) >= 11 is 5.92. The van der Waals surface area contributed by atoms with Crippen molar-refractivity contribution in [1.29, 1.82) is 0 Å². The third-order valence-corrected chi connectivity index (χ3v) is 5.79. The zero-order valence-electron chi connectivity index (χ0n) is 15.0. The van der Waals surface area contributed by atoms with Crippen LogP contribution in [-0.4, -0.2) is 40.8 Å². The minimum Gasteiger partial charge on any atom is -0.381 e. The number of hydrogen-bond donors (Lipinski definition) is 0. The number of fused-ring (bicyclic) bond motifs is 1. The highest BCUT2D eigenvalue weighted by Crippen LogP contribution is 2.23. The molecule has 4 nitrogen and oxygen atoms in total. The minimum atomic E-state index is -0.332. The number of benzene rings is 1. The van der Waals surface area contributed by atoms with Crippen molar-refractivity contribution in [2.45, 2.75) is 38.8 Å². The Labute approximate surface area is 158 Å². The van der Waals surface area contributed by atoms with Crippen LogP contribution in [0.3, 0.4) is 0 Å². The van der Waals surface area contributed by atoms with Crippen LogP contribution in [0.25, 0.3) is 0 Å². The molecule has 2 aromatic rings. The van der Waals surface area contributed by atoms with Crippen molar-refractivity contribution < 1.29 is 9.13 Å². The summed E-state index contributed by atoms with van der Waals surface area (Å²) in [4.78, 5) is 7.14. The van der Waals surface area contributed by atoms with Crippen molar-refractivity contribution in [3.8, 4) is 0 Å². The van der Waals surface area contributed by atoms with Crippen molar-refractivity contribution in [2.24, 2.45) is 5.92 Å². The van der Waals surface area contributed by atoms with Crippen LogP contribution in [0.1, 0.15) is 36.3 Å². The third kappa shape index (κ3) is 3.95. The van der Waals surface area contributed by atoms with Crippen LogP contribution in [0.15, 0.2) is 24.4 Å². The molecule has 2 aliphatic heterocycles. The normalized spacial score (nSPS) is 19.3. The lowest BCUT2D eigenvalue weighted by Crippen LogP contribution is -2.32. The van der Waals surface area contributed by atoms with E-state index >= 15 is 0 Å². The molecule has 0 aliphatic carbocycles. The SMILES string of the molecule is Fc1c(Cl)cccc1Cc1ncc2n1CCCN(CC1CCOCC1)C2. The smallest absolute Gasteiger partial charge is 0.145 e. The number of aromatic nitrogens is 2. The van der Waals surface area contributed by atoms with Crippen LogP contribution in [0.2, 0.25) is 5.02 Å². The molecule has 0 saturated carbocycles. The van der Waals surface area contributed by atoms with Crippen molar-refractivity contribution in [1.82, 2.24) is 14.5 Å². The fraction of sp³-hybridized carbons (Fsp3) is 0.550. The zero-order valence-corrected chi connectivity index (χ0v) is 15.7. The molecule has 0 spiro atoms. The van der Waals surface area contributed by atoms with Gasteiger partial charge < -0.3 is 9.30 Å². The molecule has 0 N–H and O–H groups in total. The van der Waals surface area contributed by atoms with E-state index in [0.717, 1.165) is 70.4 Å². The Hall–Kier alpha value is -1.43. The number of rotatable bonds is 4. The molecule has 0 unspecified atom stereocenters. The van der Waals surface area contributed by atoms with Gasteiger partial charge in [-0.1, -0.05) is 23.7 Å². The summed E-state index contributed by atoms with van der Waals surface area (Å²) in [5, 5.41) is 0.174. The Kier molecular flexibility index (Phi) is 5.57. The van der Waals surface area contributed by atoms with E-state index in [1.54, 1.807) is 18.2 Å². The number of hydrogen-bond acceptors (Lipinski definition) is 3. The van der Waals surface area contributed by atoms with Gasteiger partial charge in [0, 0.05) is 52.0 Å². The molecule has 1 aromatic carbocycles. The summed E-state index contributed by atoms with van der Waals surface area (Å²) in [6, 6.07) is 5.17. The van der Waals surface area contributed by atoms with Gasteiger partial charge in [0.1, 0.15) is 11.6 Å². The fourth-order valence-electron chi connectivity index (χ4n) is 4.06. The first-order valence-electron chi connectivity index (χ1n) is 9.47. The van der Waals surface area contributed by atoms with Crippen molar-refractivity contribution in [2.75, 3.05) is 26.3 Å². The van der Waals surface area contributed by atoms with Crippen molar-refractivity contribution >= 4 is 11.6 Å². The molecule has 4 rings (SSSR count). The number of halogens is 2. The highest BCUT2D eigenvalue weighted by atomic mass is 35.5. The Bertz CT molecular complexity index is 758. The predicted octanol–water partition coefficient (Wildman–Crippen LogP) is 3.90. The third-order valence-electron chi connectivity index (χ3n) is 5.50. The molecular formula is C20H25ClFN3O. The molecule has 1 aromatic heterocycles. The molecule has 26 heavy (non-hydrogen) atoms. The lowest BCUT2D eigenvalue weighted by Gasteiger charge is -2.28. The highest BCUT2D eigenvalue weighted by molar-refractivity contribution is 6.30. The molecule has 6 heteroatoms. The predicted molar refractivity (Wildman–Crippen MR) is 99.9 cm³/mol. The Morgan fingerprint density at radius 1 is 1.23 bits per heavy atom. The Balaban J connectivity index is 1.47. The maximum Gasteiger partial charge on any atom is 0.145 e. The van der Waals surface area contributed by atoms with Gasteiger partial charge in [-0.3, -0.25) is 4.90 Å². The summed E-state index contributed by atoms with van der Waals surface area (Å²) < 4.78 is 22.0. The maximum atomic E-state index is 14.2. The summed E-state index contributed by atoms with van der Waals surface area (Å²) in [7, 11) is 0. The number of ether oxygens (including phenoxy) is 1. The number of imidazole rings is 1. The molecule has 2 aliphatic rings. The molecule has 3 heterocycles. The average molecular weight is 378 g/mol. The van der Waals surface area contributed by atoms with Gasteiger partial charge in [-0.2, -0.15) is 0 Å². The molecular weight excluding hydrogens is 353 g/mol. The molecule has 0 atom stereocenters. The van der Waals surface area contributed by atoms with Gasteiger partial charge in [0.05, 0.1) is 10.7 Å². The standard InChI is InChI=1S/C20H25ClFN3O/c21-18-4-1-3-16(20(18)22)11-19-23-12-17-14-24(7-2-8-25(17)19)13-15-5-9-26-10-6-15/h1,3-4,12,15H,2,5-11,13-14H2. The lowest BCUT2D eigenvalue weighted by atomic mass is 9.99. The summed E-state index contributed by atoms with van der Waals surface area (Å²) in [6.07, 6.45) is 5.86. The quantitative estimate of drug-likeness (QED) is 0.809. The fourth-order valence-corrected chi connectivity index (χ4v) is 4.25. The second kappa shape index (κ2) is 8.07. The van der Waals surface area contributed by atoms with Crippen LogP contribution in [-0.2, 0) is 24.2 Å². The average Bonchev–Trinajstić information content (AvgIpc) is 2.89. The van der Waals surface area contributed by atoms with Crippen LogP contribution in [0.5, 0.6) is 0 Å². The first kappa shape index (κ1) is 18.0. The highest BCUT2D eigenvalue weighted by Gasteiger charge is 2.22. The molecule has 1 fully saturated rings. The molecule has 1 saturated heterocycles. The monoisotopic (exact) mass is 377 g/mol. The van der Waals surface area contributed by atoms with Crippen LogP contribution >= 0.6 is 11.6 Å². The van der Waals surface area contributed by atoms with Gasteiger partial charge in [-0.25, -0.2) is 9.37 Å². The largest absolute Gasteiger partial charge is 0.381 e. The van der Waals surface area contributed by atoms with E-state index in [0.29, 0.717) is 12.0 Å². The van der Waals surface area contributed by atoms with Crippen LogP contribution in [0.4, 0.5) is 4.39 Å². The van der Waals surface area contributed by atoms with E-state index in [1.165, 1.54) is 5.69 Å². The van der Waals surface area contributed by atoms with Gasteiger partial charge in [-0.05, 0) is 36.8 Å². The van der Waals surface area contributed by atoms with E-state index in [2.05, 4.69) is 14.5 Å². The summed E-state index contributed by atoms with van der Waals surface area (Å²) in [5.74, 6) is 1.33. The second-order valence-electron chi connectivity index (χ2n) is 7.35. The van der Waals surface area contributed by atoms with Gasteiger partial charge in [-0.15, -0.1) is 0 Å². The van der Waals surface area contributed by atoms with E-state index in [4.69, 9.17) is 16.3 Å². The van der Waals surface area contributed by atoms with E-state index in [1.807, 2.05) is 6.20 Å². The van der Waals surface area contributed by atoms with Crippen LogP contribution in [0, 0.1) is 11.7 Å². The first-order chi connectivity index (χ1) is 12.7. The molecule has 140 valence electrons. The topological polar surface area (TPSA) is 30.3 Å². The van der Waals surface area contributed by atoms with Gasteiger partial charge in [0.15, 0.2) is 0 Å². The molecule has 0 amide bonds. The number of nitrogens with zero attached hydrogens (tertiary/aromatic N) is 3. The molecule has 0 radical (unpaired) electrons.